The smallest absolute Gasteiger partial charge is 0.412 e. The molecule has 0 fully saturated rings. The van der Waals surface area contributed by atoms with Crippen LogP contribution < -0.4 is 4.90 Å². The first-order valence-corrected chi connectivity index (χ1v) is 6.98. The second-order valence-corrected chi connectivity index (χ2v) is 6.46. The van der Waals surface area contributed by atoms with Crippen molar-refractivity contribution in [1.29, 1.82) is 0 Å². The van der Waals surface area contributed by atoms with E-state index in [1.807, 2.05) is 43.3 Å². The zero-order valence-electron chi connectivity index (χ0n) is 9.76. The average molecular weight is 326 g/mol. The molecule has 0 spiro atoms. The van der Waals surface area contributed by atoms with E-state index in [9.17, 15) is 9.90 Å². The minimum Gasteiger partial charge on any atom is -0.465 e. The molecular weight excluding hydrogens is 314 g/mol. The number of halogens is 1. The highest BCUT2D eigenvalue weighted by molar-refractivity contribution is 9.11. The lowest BCUT2D eigenvalue weighted by atomic mass is 10.2. The molecule has 94 valence electrons. The van der Waals surface area contributed by atoms with Crippen LogP contribution >= 0.6 is 27.3 Å². The molecule has 1 aromatic carbocycles. The van der Waals surface area contributed by atoms with E-state index in [2.05, 4.69) is 15.9 Å². The molecule has 3 nitrogen and oxygen atoms in total. The molecular formula is C13H12BrNO2S. The summed E-state index contributed by atoms with van der Waals surface area (Å²) in [6.07, 6.45) is -0.940. The van der Waals surface area contributed by atoms with E-state index in [4.69, 9.17) is 0 Å². The third-order valence-corrected chi connectivity index (χ3v) is 4.10. The highest BCUT2D eigenvalue weighted by atomic mass is 79.9. The molecule has 1 amide bonds. The Labute approximate surface area is 118 Å². The Bertz CT molecular complexity index is 568. The van der Waals surface area contributed by atoms with Gasteiger partial charge in [-0.25, -0.2) is 4.79 Å². The lowest BCUT2D eigenvalue weighted by molar-refractivity contribution is 0.201. The molecule has 2 rings (SSSR count). The molecule has 0 saturated carbocycles. The predicted octanol–water partition coefficient (Wildman–Crippen LogP) is 4.50. The number of aryl methyl sites for hydroxylation is 1. The monoisotopic (exact) mass is 325 g/mol. The Morgan fingerprint density at radius 1 is 1.39 bits per heavy atom. The quantitative estimate of drug-likeness (QED) is 0.902. The maximum atomic E-state index is 11.3. The minimum absolute atomic E-state index is 0.370. The fourth-order valence-electron chi connectivity index (χ4n) is 1.66. The fourth-order valence-corrected chi connectivity index (χ4v) is 3.13. The van der Waals surface area contributed by atoms with Gasteiger partial charge < -0.3 is 5.11 Å². The molecule has 1 aromatic heterocycles. The van der Waals surface area contributed by atoms with Crippen molar-refractivity contribution in [1.82, 2.24) is 0 Å². The number of anilines is 1. The van der Waals surface area contributed by atoms with E-state index < -0.39 is 6.09 Å². The zero-order valence-corrected chi connectivity index (χ0v) is 12.2. The van der Waals surface area contributed by atoms with Crippen molar-refractivity contribution in [3.63, 3.8) is 0 Å². The first-order valence-electron chi connectivity index (χ1n) is 5.37. The van der Waals surface area contributed by atoms with Gasteiger partial charge in [0.2, 0.25) is 0 Å². The van der Waals surface area contributed by atoms with E-state index in [1.165, 1.54) is 4.90 Å². The van der Waals surface area contributed by atoms with Crippen molar-refractivity contribution in [2.75, 3.05) is 4.90 Å². The Morgan fingerprint density at radius 3 is 2.72 bits per heavy atom. The topological polar surface area (TPSA) is 40.5 Å². The molecule has 1 heterocycles. The molecule has 18 heavy (non-hydrogen) atoms. The second-order valence-electron chi connectivity index (χ2n) is 3.91. The number of amides is 1. The molecule has 0 bridgehead atoms. The zero-order chi connectivity index (χ0) is 13.1. The first kappa shape index (κ1) is 13.1. The van der Waals surface area contributed by atoms with Crippen LogP contribution in [0.3, 0.4) is 0 Å². The van der Waals surface area contributed by atoms with Crippen LogP contribution in [0.15, 0.2) is 40.2 Å². The van der Waals surface area contributed by atoms with Crippen LogP contribution in [0.2, 0.25) is 0 Å². The van der Waals surface area contributed by atoms with E-state index in [-0.39, 0.29) is 0 Å². The number of carboxylic acid groups (broad SMARTS) is 1. The third kappa shape index (κ3) is 3.11. The van der Waals surface area contributed by atoms with Crippen molar-refractivity contribution in [2.45, 2.75) is 13.5 Å². The van der Waals surface area contributed by atoms with Crippen molar-refractivity contribution in [3.8, 4) is 0 Å². The van der Waals surface area contributed by atoms with Crippen molar-refractivity contribution < 1.29 is 9.90 Å². The predicted molar refractivity (Wildman–Crippen MR) is 77.4 cm³/mol. The van der Waals surface area contributed by atoms with E-state index in [1.54, 1.807) is 11.3 Å². The largest absolute Gasteiger partial charge is 0.465 e. The number of carbonyl (C=O) groups is 1. The second kappa shape index (κ2) is 5.54. The van der Waals surface area contributed by atoms with Crippen molar-refractivity contribution in [2.24, 2.45) is 0 Å². The van der Waals surface area contributed by atoms with Gasteiger partial charge in [-0.2, -0.15) is 0 Å². The molecule has 2 aromatic rings. The number of thiophene rings is 1. The molecule has 5 heteroatoms. The van der Waals surface area contributed by atoms with Gasteiger partial charge in [0, 0.05) is 10.6 Å². The summed E-state index contributed by atoms with van der Waals surface area (Å²) in [7, 11) is 0. The van der Waals surface area contributed by atoms with Gasteiger partial charge in [-0.1, -0.05) is 12.1 Å². The van der Waals surface area contributed by atoms with Gasteiger partial charge >= 0.3 is 6.09 Å². The third-order valence-electron chi connectivity index (χ3n) is 2.49. The SMILES string of the molecule is Cc1cccc(N(Cc2ccc(Br)s2)C(=O)O)c1. The van der Waals surface area contributed by atoms with Gasteiger partial charge in [-0.3, -0.25) is 4.90 Å². The van der Waals surface area contributed by atoms with Crippen molar-refractivity contribution in [3.05, 3.63) is 50.6 Å². The van der Waals surface area contributed by atoms with Gasteiger partial charge in [0.05, 0.1) is 10.3 Å². The van der Waals surface area contributed by atoms with E-state index in [0.29, 0.717) is 12.2 Å². The average Bonchev–Trinajstić information content (AvgIpc) is 2.71. The summed E-state index contributed by atoms with van der Waals surface area (Å²) in [6, 6.07) is 11.4. The highest BCUT2D eigenvalue weighted by Crippen LogP contribution is 2.26. The standard InChI is InChI=1S/C13H12BrNO2S/c1-9-3-2-4-10(7-9)15(13(16)17)8-11-5-6-12(14)18-11/h2-7H,8H2,1H3,(H,16,17). The summed E-state index contributed by atoms with van der Waals surface area (Å²) in [6.45, 7) is 2.32. The molecule has 1 N–H and O–H groups in total. The lowest BCUT2D eigenvalue weighted by Gasteiger charge is -2.18. The maximum Gasteiger partial charge on any atom is 0.412 e. The lowest BCUT2D eigenvalue weighted by Crippen LogP contribution is -2.28. The summed E-state index contributed by atoms with van der Waals surface area (Å²) in [5, 5.41) is 9.30. The molecule has 0 aliphatic carbocycles. The van der Waals surface area contributed by atoms with Crippen molar-refractivity contribution >= 4 is 39.0 Å². The number of hydrogen-bond acceptors (Lipinski definition) is 2. The summed E-state index contributed by atoms with van der Waals surface area (Å²) < 4.78 is 1.01. The fraction of sp³-hybridized carbons (Fsp3) is 0.154. The van der Waals surface area contributed by atoms with Crippen LogP contribution in [-0.4, -0.2) is 11.2 Å². The summed E-state index contributed by atoms with van der Waals surface area (Å²) in [5.74, 6) is 0. The van der Waals surface area contributed by atoms with Crippen LogP contribution in [0.4, 0.5) is 10.5 Å². The van der Waals surface area contributed by atoms with Crippen LogP contribution in [0.5, 0.6) is 0 Å². The van der Waals surface area contributed by atoms with E-state index in [0.717, 1.165) is 14.2 Å². The Kier molecular flexibility index (Phi) is 4.04. The molecule has 0 aliphatic rings. The molecule has 0 aliphatic heterocycles. The number of nitrogens with zero attached hydrogens (tertiary/aromatic N) is 1. The summed E-state index contributed by atoms with van der Waals surface area (Å²) in [5.41, 5.74) is 1.75. The first-order chi connectivity index (χ1) is 8.56. The Hall–Kier alpha value is -1.33. The molecule has 0 unspecified atom stereocenters. The minimum atomic E-state index is -0.940. The van der Waals surface area contributed by atoms with Gasteiger partial charge in [-0.05, 0) is 52.7 Å². The van der Waals surface area contributed by atoms with Crippen LogP contribution in [0.1, 0.15) is 10.4 Å². The Morgan fingerprint density at radius 2 is 2.17 bits per heavy atom. The summed E-state index contributed by atoms with van der Waals surface area (Å²) >= 11 is 4.92. The number of hydrogen-bond donors (Lipinski definition) is 1. The molecule has 0 atom stereocenters. The molecule has 0 radical (unpaired) electrons. The number of rotatable bonds is 3. The maximum absolute atomic E-state index is 11.3. The van der Waals surface area contributed by atoms with Gasteiger partial charge in [-0.15, -0.1) is 11.3 Å². The van der Waals surface area contributed by atoms with Gasteiger partial charge in [0.1, 0.15) is 0 Å². The van der Waals surface area contributed by atoms with Crippen LogP contribution in [-0.2, 0) is 6.54 Å². The molecule has 0 saturated heterocycles. The van der Waals surface area contributed by atoms with Crippen LogP contribution in [0, 0.1) is 6.92 Å². The van der Waals surface area contributed by atoms with Crippen LogP contribution in [0.25, 0.3) is 0 Å². The van der Waals surface area contributed by atoms with E-state index >= 15 is 0 Å². The number of benzene rings is 1. The normalized spacial score (nSPS) is 10.3. The van der Waals surface area contributed by atoms with Gasteiger partial charge in [0.15, 0.2) is 0 Å². The highest BCUT2D eigenvalue weighted by Gasteiger charge is 2.15. The summed E-state index contributed by atoms with van der Waals surface area (Å²) in [4.78, 5) is 13.7. The van der Waals surface area contributed by atoms with Gasteiger partial charge in [0.25, 0.3) is 0 Å². The Balaban J connectivity index is 2.26.